The summed E-state index contributed by atoms with van der Waals surface area (Å²) in [5, 5.41) is 0. The molecule has 1 unspecified atom stereocenters. The van der Waals surface area contributed by atoms with Crippen LogP contribution < -0.4 is 0 Å². The molecule has 92 valence electrons. The molecule has 8 heteroatoms. The maximum atomic E-state index is 12.4. The van der Waals surface area contributed by atoms with Crippen LogP contribution in [0.15, 0.2) is 0 Å². The monoisotopic (exact) mass is 256 g/mol. The van der Waals surface area contributed by atoms with E-state index in [0.717, 1.165) is 0 Å². The number of alkyl halides is 6. The van der Waals surface area contributed by atoms with E-state index in [2.05, 4.69) is 4.74 Å². The van der Waals surface area contributed by atoms with Crippen molar-refractivity contribution in [3.8, 4) is 0 Å². The van der Waals surface area contributed by atoms with Crippen molar-refractivity contribution >= 4 is 11.8 Å². The van der Waals surface area contributed by atoms with E-state index in [0.29, 0.717) is 5.75 Å². The molecule has 0 radical (unpaired) electrons. The maximum absolute atomic E-state index is 12.4. The van der Waals surface area contributed by atoms with Crippen molar-refractivity contribution in [2.75, 3.05) is 18.1 Å². The zero-order valence-electron chi connectivity index (χ0n) is 7.78. The van der Waals surface area contributed by atoms with Crippen molar-refractivity contribution < 1.29 is 31.1 Å². The Bertz CT molecular complexity index is 183. The highest BCUT2D eigenvalue weighted by Crippen LogP contribution is 2.35. The van der Waals surface area contributed by atoms with Crippen molar-refractivity contribution in [3.63, 3.8) is 0 Å². The zero-order valence-corrected chi connectivity index (χ0v) is 8.60. The quantitative estimate of drug-likeness (QED) is 0.533. The molecule has 0 aliphatic rings. The predicted octanol–water partition coefficient (Wildman–Crippen LogP) is 3.25. The first kappa shape index (κ1) is 14.9. The van der Waals surface area contributed by atoms with Gasteiger partial charge in [-0.05, 0) is 5.75 Å². The smallest absolute Gasteiger partial charge is 0.317 e. The lowest BCUT2D eigenvalue weighted by atomic mass is 10.3. The number of thioether (sulfide) groups is 1. The van der Waals surface area contributed by atoms with E-state index in [1.807, 2.05) is 0 Å². The summed E-state index contributed by atoms with van der Waals surface area (Å²) in [5.74, 6) is 0.712. The van der Waals surface area contributed by atoms with Gasteiger partial charge in [0.1, 0.15) is 0 Å². The van der Waals surface area contributed by atoms with Crippen LogP contribution in [0.25, 0.3) is 0 Å². The molecule has 15 heavy (non-hydrogen) atoms. The first-order valence-electron chi connectivity index (χ1n) is 4.02. The van der Waals surface area contributed by atoms with Gasteiger partial charge in [0, 0.05) is 5.75 Å². The second kappa shape index (κ2) is 5.83. The molecular weight excluding hydrogens is 246 g/mol. The molecule has 1 nitrogen and oxygen atoms in total. The van der Waals surface area contributed by atoms with Gasteiger partial charge in [0.05, 0.1) is 6.61 Å². The van der Waals surface area contributed by atoms with E-state index in [1.54, 1.807) is 6.92 Å². The molecule has 0 aromatic carbocycles. The SMILES string of the molecule is CCSCCOC(F)(F)C(F)C(F)(F)F. The molecule has 0 saturated heterocycles. The van der Waals surface area contributed by atoms with Gasteiger partial charge in [0.25, 0.3) is 6.17 Å². The third-order valence-corrected chi connectivity index (χ3v) is 2.17. The highest BCUT2D eigenvalue weighted by molar-refractivity contribution is 7.99. The van der Waals surface area contributed by atoms with E-state index in [1.165, 1.54) is 11.8 Å². The molecule has 0 fully saturated rings. The zero-order chi connectivity index (χ0) is 12.1. The first-order valence-corrected chi connectivity index (χ1v) is 5.17. The first-order chi connectivity index (χ1) is 6.72. The minimum Gasteiger partial charge on any atom is -0.317 e. The second-order valence-corrected chi connectivity index (χ2v) is 3.91. The number of ether oxygens (including phenoxy) is 1. The van der Waals surface area contributed by atoms with Gasteiger partial charge in [0.2, 0.25) is 0 Å². The Morgan fingerprint density at radius 2 is 1.73 bits per heavy atom. The molecular formula is C7H10F6OS. The van der Waals surface area contributed by atoms with Crippen molar-refractivity contribution in [1.82, 2.24) is 0 Å². The van der Waals surface area contributed by atoms with Crippen LogP contribution in [-0.2, 0) is 4.74 Å². The average molecular weight is 256 g/mol. The summed E-state index contributed by atoms with van der Waals surface area (Å²) >= 11 is 1.21. The molecule has 0 aromatic heterocycles. The van der Waals surface area contributed by atoms with E-state index >= 15 is 0 Å². The van der Waals surface area contributed by atoms with Gasteiger partial charge in [-0.3, -0.25) is 0 Å². The van der Waals surface area contributed by atoms with Gasteiger partial charge >= 0.3 is 12.3 Å². The minimum absolute atomic E-state index is 0.0939. The Balaban J connectivity index is 4.05. The summed E-state index contributed by atoms with van der Waals surface area (Å²) in [6.07, 6.45) is -14.7. The maximum Gasteiger partial charge on any atom is 0.428 e. The van der Waals surface area contributed by atoms with Crippen molar-refractivity contribution in [3.05, 3.63) is 0 Å². The molecule has 0 saturated carbocycles. The Morgan fingerprint density at radius 3 is 2.13 bits per heavy atom. The Hall–Kier alpha value is -0.110. The molecule has 0 bridgehead atoms. The fourth-order valence-corrected chi connectivity index (χ4v) is 1.13. The molecule has 0 aliphatic heterocycles. The molecule has 0 N–H and O–H groups in total. The van der Waals surface area contributed by atoms with Gasteiger partial charge in [-0.15, -0.1) is 0 Å². The lowest BCUT2D eigenvalue weighted by Gasteiger charge is -2.22. The van der Waals surface area contributed by atoms with Crippen LogP contribution in [0.3, 0.4) is 0 Å². The van der Waals surface area contributed by atoms with E-state index in [-0.39, 0.29) is 5.75 Å². The molecule has 0 aliphatic carbocycles. The standard InChI is InChI=1S/C7H10F6OS/c1-2-15-4-3-14-7(12,13)5(8)6(9,10)11/h5H,2-4H2,1H3. The Kier molecular flexibility index (Phi) is 5.79. The van der Waals surface area contributed by atoms with Crippen LogP contribution in [0, 0.1) is 0 Å². The number of hydrogen-bond acceptors (Lipinski definition) is 2. The van der Waals surface area contributed by atoms with E-state index < -0.39 is 25.1 Å². The average Bonchev–Trinajstić information content (AvgIpc) is 2.10. The van der Waals surface area contributed by atoms with Crippen LogP contribution in [0.5, 0.6) is 0 Å². The predicted molar refractivity (Wildman–Crippen MR) is 44.8 cm³/mol. The minimum atomic E-state index is -5.61. The van der Waals surface area contributed by atoms with Gasteiger partial charge in [0.15, 0.2) is 0 Å². The normalized spacial score (nSPS) is 15.4. The summed E-state index contributed by atoms with van der Waals surface area (Å²) in [6.45, 7) is 1.12. The number of halogens is 6. The van der Waals surface area contributed by atoms with Gasteiger partial charge in [-0.25, -0.2) is 4.39 Å². The summed E-state index contributed by atoms with van der Waals surface area (Å²) in [7, 11) is 0. The number of hydrogen-bond donors (Lipinski definition) is 0. The molecule has 1 atom stereocenters. The lowest BCUT2D eigenvalue weighted by molar-refractivity contribution is -0.333. The van der Waals surface area contributed by atoms with Crippen LogP contribution in [-0.4, -0.2) is 36.6 Å². The molecule has 0 rings (SSSR count). The molecule has 0 aromatic rings. The fourth-order valence-electron chi connectivity index (χ4n) is 0.645. The van der Waals surface area contributed by atoms with Crippen molar-refractivity contribution in [1.29, 1.82) is 0 Å². The Labute approximate surface area is 87.2 Å². The molecule has 0 heterocycles. The third-order valence-electron chi connectivity index (χ3n) is 1.31. The van der Waals surface area contributed by atoms with Crippen LogP contribution in [0.4, 0.5) is 26.3 Å². The van der Waals surface area contributed by atoms with Gasteiger partial charge in [-0.2, -0.15) is 33.7 Å². The van der Waals surface area contributed by atoms with Crippen molar-refractivity contribution in [2.45, 2.75) is 25.4 Å². The molecule has 0 amide bonds. The largest absolute Gasteiger partial charge is 0.428 e. The van der Waals surface area contributed by atoms with Gasteiger partial charge < -0.3 is 4.74 Å². The van der Waals surface area contributed by atoms with Crippen molar-refractivity contribution in [2.24, 2.45) is 0 Å². The summed E-state index contributed by atoms with van der Waals surface area (Å²) in [4.78, 5) is 0. The fraction of sp³-hybridized carbons (Fsp3) is 1.00. The second-order valence-electron chi connectivity index (χ2n) is 2.51. The Morgan fingerprint density at radius 1 is 1.20 bits per heavy atom. The molecule has 0 spiro atoms. The van der Waals surface area contributed by atoms with E-state index in [4.69, 9.17) is 0 Å². The summed E-state index contributed by atoms with van der Waals surface area (Å²) < 4.78 is 75.3. The highest BCUT2D eigenvalue weighted by atomic mass is 32.2. The van der Waals surface area contributed by atoms with Crippen LogP contribution in [0.2, 0.25) is 0 Å². The van der Waals surface area contributed by atoms with Crippen LogP contribution >= 0.6 is 11.8 Å². The highest BCUT2D eigenvalue weighted by Gasteiger charge is 2.58. The van der Waals surface area contributed by atoms with E-state index in [9.17, 15) is 26.3 Å². The lowest BCUT2D eigenvalue weighted by Crippen LogP contribution is -2.43. The summed E-state index contributed by atoms with van der Waals surface area (Å²) in [5.41, 5.74) is 0. The van der Waals surface area contributed by atoms with Crippen LogP contribution in [0.1, 0.15) is 6.92 Å². The summed E-state index contributed by atoms with van der Waals surface area (Å²) in [6, 6.07) is 0. The third kappa shape index (κ3) is 5.50. The topological polar surface area (TPSA) is 9.23 Å². The van der Waals surface area contributed by atoms with Gasteiger partial charge in [-0.1, -0.05) is 6.92 Å². The number of rotatable bonds is 6.